The van der Waals surface area contributed by atoms with E-state index in [9.17, 15) is 13.2 Å². The van der Waals surface area contributed by atoms with Crippen LogP contribution in [0.4, 0.5) is 0 Å². The maximum absolute atomic E-state index is 12.7. The van der Waals surface area contributed by atoms with Crippen molar-refractivity contribution in [3.63, 3.8) is 0 Å². The molecule has 24 heavy (non-hydrogen) atoms. The maximum atomic E-state index is 12.7. The Labute approximate surface area is 139 Å². The Hall–Kier alpha value is -2.45. The quantitative estimate of drug-likeness (QED) is 0.776. The van der Waals surface area contributed by atoms with Gasteiger partial charge in [0, 0.05) is 25.5 Å². The Kier molecular flexibility index (Phi) is 3.81. The molecule has 2 aromatic heterocycles. The van der Waals surface area contributed by atoms with Gasteiger partial charge in [-0.25, -0.2) is 17.9 Å². The molecule has 3 aromatic rings. The van der Waals surface area contributed by atoms with E-state index in [1.807, 2.05) is 0 Å². The van der Waals surface area contributed by atoms with Gasteiger partial charge in [-0.1, -0.05) is 6.07 Å². The smallest absolute Gasteiger partial charge is 0.408 e. The zero-order valence-electron chi connectivity index (χ0n) is 13.5. The molecule has 3 rings (SSSR count). The second-order valence-electron chi connectivity index (χ2n) is 6.03. The van der Waals surface area contributed by atoms with E-state index in [1.54, 1.807) is 51.5 Å². The number of nitrogens with zero attached hydrogens (tertiary/aromatic N) is 2. The highest BCUT2D eigenvalue weighted by Gasteiger charge is 2.28. The third-order valence-electron chi connectivity index (χ3n) is 3.85. The SMILES string of the molecule is Cn1c(=O)oc2cc(S(=O)(=O)NC(C)(C)c3cccnc3)ccc21. The van der Waals surface area contributed by atoms with Crippen LogP contribution in [0.1, 0.15) is 19.4 Å². The molecule has 0 fully saturated rings. The van der Waals surface area contributed by atoms with Gasteiger partial charge in [0.05, 0.1) is 16.0 Å². The van der Waals surface area contributed by atoms with Crippen molar-refractivity contribution >= 4 is 21.1 Å². The summed E-state index contributed by atoms with van der Waals surface area (Å²) in [6.45, 7) is 3.51. The summed E-state index contributed by atoms with van der Waals surface area (Å²) in [5.74, 6) is -0.539. The van der Waals surface area contributed by atoms with Gasteiger partial charge < -0.3 is 4.42 Å². The standard InChI is InChI=1S/C16H17N3O4S/c1-16(2,11-5-4-8-17-10-11)18-24(21,22)12-6-7-13-14(9-12)23-15(20)19(13)3/h4-10,18H,1-3H3. The van der Waals surface area contributed by atoms with Crippen molar-refractivity contribution in [2.24, 2.45) is 7.05 Å². The lowest BCUT2D eigenvalue weighted by Crippen LogP contribution is -2.40. The lowest BCUT2D eigenvalue weighted by Gasteiger charge is -2.26. The van der Waals surface area contributed by atoms with Crippen LogP contribution < -0.4 is 10.5 Å². The highest BCUT2D eigenvalue weighted by molar-refractivity contribution is 7.89. The van der Waals surface area contributed by atoms with Gasteiger partial charge in [-0.3, -0.25) is 9.55 Å². The number of benzene rings is 1. The largest absolute Gasteiger partial charge is 0.419 e. The summed E-state index contributed by atoms with van der Waals surface area (Å²) in [5.41, 5.74) is 0.649. The van der Waals surface area contributed by atoms with Crippen LogP contribution in [0.25, 0.3) is 11.1 Å². The molecule has 1 N–H and O–H groups in total. The van der Waals surface area contributed by atoms with Gasteiger partial charge in [0.15, 0.2) is 5.58 Å². The molecular formula is C16H17N3O4S. The Morgan fingerprint density at radius 3 is 2.67 bits per heavy atom. The minimum absolute atomic E-state index is 0.0290. The summed E-state index contributed by atoms with van der Waals surface area (Å²) in [7, 11) is -2.25. The number of rotatable bonds is 4. The third kappa shape index (κ3) is 2.85. The highest BCUT2D eigenvalue weighted by atomic mass is 32.2. The fraction of sp³-hybridized carbons (Fsp3) is 0.250. The lowest BCUT2D eigenvalue weighted by molar-refractivity contribution is 0.470. The highest BCUT2D eigenvalue weighted by Crippen LogP contribution is 2.24. The molecule has 0 radical (unpaired) electrons. The summed E-state index contributed by atoms with van der Waals surface area (Å²) in [6, 6.07) is 7.88. The predicted octanol–water partition coefficient (Wildman–Crippen LogP) is 1.74. The Bertz CT molecular complexity index is 1050. The second-order valence-corrected chi connectivity index (χ2v) is 7.71. The summed E-state index contributed by atoms with van der Waals surface area (Å²) in [6.07, 6.45) is 3.24. The van der Waals surface area contributed by atoms with Crippen molar-refractivity contribution in [3.05, 3.63) is 58.8 Å². The Balaban J connectivity index is 2.00. The fourth-order valence-electron chi connectivity index (χ4n) is 2.47. The number of aromatic nitrogens is 2. The first kappa shape index (κ1) is 16.4. The molecular weight excluding hydrogens is 330 g/mol. The zero-order valence-corrected chi connectivity index (χ0v) is 14.3. The van der Waals surface area contributed by atoms with Crippen LogP contribution in [0.5, 0.6) is 0 Å². The van der Waals surface area contributed by atoms with E-state index in [0.29, 0.717) is 5.52 Å². The van der Waals surface area contributed by atoms with Crippen molar-refractivity contribution in [2.75, 3.05) is 0 Å². The Morgan fingerprint density at radius 2 is 2.00 bits per heavy atom. The summed E-state index contributed by atoms with van der Waals surface area (Å²) < 4.78 is 34.4. The molecule has 1 aromatic carbocycles. The van der Waals surface area contributed by atoms with Crippen molar-refractivity contribution in [2.45, 2.75) is 24.3 Å². The van der Waals surface area contributed by atoms with Crippen LogP contribution in [0.3, 0.4) is 0 Å². The molecule has 0 spiro atoms. The first-order valence-electron chi connectivity index (χ1n) is 7.25. The van der Waals surface area contributed by atoms with Crippen LogP contribution >= 0.6 is 0 Å². The maximum Gasteiger partial charge on any atom is 0.419 e. The average Bonchev–Trinajstić information content (AvgIpc) is 2.81. The van der Waals surface area contributed by atoms with Crippen molar-refractivity contribution in [1.82, 2.24) is 14.3 Å². The summed E-state index contributed by atoms with van der Waals surface area (Å²) in [4.78, 5) is 15.6. The normalized spacial score (nSPS) is 12.6. The molecule has 0 aliphatic rings. The number of nitrogens with one attached hydrogen (secondary N) is 1. The Morgan fingerprint density at radius 1 is 1.25 bits per heavy atom. The van der Waals surface area contributed by atoms with E-state index in [2.05, 4.69) is 9.71 Å². The van der Waals surface area contributed by atoms with Crippen LogP contribution in [-0.2, 0) is 22.6 Å². The molecule has 0 unspecified atom stereocenters. The van der Waals surface area contributed by atoms with E-state index in [4.69, 9.17) is 4.42 Å². The summed E-state index contributed by atoms with van der Waals surface area (Å²) >= 11 is 0. The number of fused-ring (bicyclic) bond motifs is 1. The van der Waals surface area contributed by atoms with Crippen molar-refractivity contribution in [3.8, 4) is 0 Å². The monoisotopic (exact) mass is 347 g/mol. The lowest BCUT2D eigenvalue weighted by atomic mass is 9.98. The van der Waals surface area contributed by atoms with Crippen molar-refractivity contribution < 1.29 is 12.8 Å². The van der Waals surface area contributed by atoms with Crippen LogP contribution in [0, 0.1) is 0 Å². The van der Waals surface area contributed by atoms with E-state index in [0.717, 1.165) is 5.56 Å². The molecule has 0 saturated heterocycles. The first-order chi connectivity index (χ1) is 11.2. The van der Waals surface area contributed by atoms with Gasteiger partial charge >= 0.3 is 5.76 Å². The number of oxazole rings is 1. The van der Waals surface area contributed by atoms with E-state index in [-0.39, 0.29) is 10.5 Å². The predicted molar refractivity (Wildman–Crippen MR) is 89.0 cm³/mol. The van der Waals surface area contributed by atoms with Crippen LogP contribution in [0.2, 0.25) is 0 Å². The molecule has 0 atom stereocenters. The van der Waals surface area contributed by atoms with Gasteiger partial charge in [0.2, 0.25) is 10.0 Å². The van der Waals surface area contributed by atoms with Crippen LogP contribution in [-0.4, -0.2) is 18.0 Å². The average molecular weight is 347 g/mol. The molecule has 2 heterocycles. The van der Waals surface area contributed by atoms with Gasteiger partial charge in [0.25, 0.3) is 0 Å². The van der Waals surface area contributed by atoms with Gasteiger partial charge in [-0.05, 0) is 37.6 Å². The molecule has 126 valence electrons. The molecule has 0 bridgehead atoms. The number of aryl methyl sites for hydroxylation is 1. The third-order valence-corrected chi connectivity index (χ3v) is 5.50. The van der Waals surface area contributed by atoms with E-state index >= 15 is 0 Å². The topological polar surface area (TPSA) is 94.2 Å². The van der Waals surface area contributed by atoms with Crippen molar-refractivity contribution in [1.29, 1.82) is 0 Å². The van der Waals surface area contributed by atoms with Gasteiger partial charge in [0.1, 0.15) is 0 Å². The molecule has 0 aliphatic heterocycles. The molecule has 0 amide bonds. The minimum Gasteiger partial charge on any atom is -0.408 e. The molecule has 8 heteroatoms. The van der Waals surface area contributed by atoms with E-state index in [1.165, 1.54) is 16.7 Å². The number of sulfonamides is 1. The van der Waals surface area contributed by atoms with Gasteiger partial charge in [-0.15, -0.1) is 0 Å². The zero-order chi connectivity index (χ0) is 17.5. The number of pyridine rings is 1. The number of hydrogen-bond donors (Lipinski definition) is 1. The minimum atomic E-state index is -3.81. The summed E-state index contributed by atoms with van der Waals surface area (Å²) in [5, 5.41) is 0. The molecule has 7 nitrogen and oxygen atoms in total. The fourth-order valence-corrected chi connectivity index (χ4v) is 3.88. The second kappa shape index (κ2) is 5.57. The van der Waals surface area contributed by atoms with Crippen LogP contribution in [0.15, 0.2) is 56.8 Å². The van der Waals surface area contributed by atoms with E-state index < -0.39 is 21.3 Å². The molecule has 0 aliphatic carbocycles. The first-order valence-corrected chi connectivity index (χ1v) is 8.73. The van der Waals surface area contributed by atoms with Gasteiger partial charge in [-0.2, -0.15) is 0 Å². The molecule has 0 saturated carbocycles. The number of hydrogen-bond acceptors (Lipinski definition) is 5.